The third kappa shape index (κ3) is 4.31. The summed E-state index contributed by atoms with van der Waals surface area (Å²) >= 11 is 0. The van der Waals surface area contributed by atoms with Crippen molar-refractivity contribution in [3.63, 3.8) is 0 Å². The number of carbonyl (C=O) groups excluding carboxylic acids is 1. The molecular formula is C20H24N2O4S. The number of hydrogen-bond donors (Lipinski definition) is 1. The van der Waals surface area contributed by atoms with Crippen LogP contribution in [0, 0.1) is 13.8 Å². The predicted octanol–water partition coefficient (Wildman–Crippen LogP) is 2.97. The summed E-state index contributed by atoms with van der Waals surface area (Å²) in [6, 6.07) is 11.8. The van der Waals surface area contributed by atoms with Gasteiger partial charge in [-0.2, -0.15) is 0 Å². The Morgan fingerprint density at radius 3 is 2.59 bits per heavy atom. The first kappa shape index (κ1) is 19.4. The second kappa shape index (κ2) is 7.70. The zero-order valence-corrected chi connectivity index (χ0v) is 16.5. The van der Waals surface area contributed by atoms with Crippen LogP contribution in [0.2, 0.25) is 0 Å². The average molecular weight is 388 g/mol. The van der Waals surface area contributed by atoms with Crippen molar-refractivity contribution in [2.24, 2.45) is 0 Å². The van der Waals surface area contributed by atoms with Crippen molar-refractivity contribution in [3.8, 4) is 0 Å². The van der Waals surface area contributed by atoms with Crippen LogP contribution in [0.15, 0.2) is 47.4 Å². The summed E-state index contributed by atoms with van der Waals surface area (Å²) in [4.78, 5) is 14.7. The molecule has 1 amide bonds. The van der Waals surface area contributed by atoms with Crippen molar-refractivity contribution in [3.05, 3.63) is 59.2 Å². The van der Waals surface area contributed by atoms with Gasteiger partial charge < -0.3 is 9.64 Å². The third-order valence-electron chi connectivity index (χ3n) is 4.67. The standard InChI is InChI=1S/C20H24N2O4S/c1-14-8-9-17(27(24,25)21-19-7-5-4-6-15(19)2)12-18(14)20(23)22-10-11-26-16(3)13-22/h4-9,12,16,21H,10-11,13H2,1-3H3. The van der Waals surface area contributed by atoms with E-state index in [0.29, 0.717) is 30.9 Å². The number of rotatable bonds is 4. The highest BCUT2D eigenvalue weighted by molar-refractivity contribution is 7.92. The molecule has 1 unspecified atom stereocenters. The maximum Gasteiger partial charge on any atom is 0.261 e. The van der Waals surface area contributed by atoms with Gasteiger partial charge in [-0.05, 0) is 50.1 Å². The van der Waals surface area contributed by atoms with Crippen LogP contribution in [0.5, 0.6) is 0 Å². The van der Waals surface area contributed by atoms with E-state index in [1.54, 1.807) is 23.1 Å². The third-order valence-corrected chi connectivity index (χ3v) is 6.03. The quantitative estimate of drug-likeness (QED) is 0.874. The second-order valence-corrected chi connectivity index (χ2v) is 8.51. The number of aryl methyl sites for hydroxylation is 2. The van der Waals surface area contributed by atoms with Gasteiger partial charge in [0.1, 0.15) is 0 Å². The highest BCUT2D eigenvalue weighted by atomic mass is 32.2. The Bertz CT molecular complexity index is 956. The number of carbonyl (C=O) groups is 1. The summed E-state index contributed by atoms with van der Waals surface area (Å²) in [7, 11) is -3.80. The Hall–Kier alpha value is -2.38. The van der Waals surface area contributed by atoms with Crippen LogP contribution < -0.4 is 4.72 Å². The first-order valence-electron chi connectivity index (χ1n) is 8.88. The van der Waals surface area contributed by atoms with E-state index in [2.05, 4.69) is 4.72 Å². The minimum Gasteiger partial charge on any atom is -0.375 e. The van der Waals surface area contributed by atoms with Gasteiger partial charge in [0.15, 0.2) is 0 Å². The van der Waals surface area contributed by atoms with Gasteiger partial charge in [-0.25, -0.2) is 8.42 Å². The maximum atomic E-state index is 12.9. The highest BCUT2D eigenvalue weighted by Crippen LogP contribution is 2.22. The van der Waals surface area contributed by atoms with Gasteiger partial charge in [0, 0.05) is 18.7 Å². The summed E-state index contributed by atoms with van der Waals surface area (Å²) in [5, 5.41) is 0. The zero-order valence-electron chi connectivity index (χ0n) is 15.7. The van der Waals surface area contributed by atoms with E-state index in [-0.39, 0.29) is 16.9 Å². The van der Waals surface area contributed by atoms with Crippen molar-refractivity contribution in [1.29, 1.82) is 0 Å². The molecule has 7 heteroatoms. The van der Waals surface area contributed by atoms with Crippen LogP contribution >= 0.6 is 0 Å². The molecule has 1 N–H and O–H groups in total. The fourth-order valence-electron chi connectivity index (χ4n) is 3.06. The number of ether oxygens (including phenoxy) is 1. The molecule has 0 radical (unpaired) electrons. The summed E-state index contributed by atoms with van der Waals surface area (Å²) in [5.41, 5.74) is 2.49. The largest absolute Gasteiger partial charge is 0.375 e. The Balaban J connectivity index is 1.90. The van der Waals surface area contributed by atoms with Crippen LogP contribution in [0.25, 0.3) is 0 Å². The van der Waals surface area contributed by atoms with Crippen LogP contribution in [-0.2, 0) is 14.8 Å². The molecule has 0 aromatic heterocycles. The Morgan fingerprint density at radius 2 is 1.89 bits per heavy atom. The van der Waals surface area contributed by atoms with Crippen molar-refractivity contribution in [1.82, 2.24) is 4.90 Å². The van der Waals surface area contributed by atoms with Gasteiger partial charge >= 0.3 is 0 Å². The smallest absolute Gasteiger partial charge is 0.261 e. The van der Waals surface area contributed by atoms with Gasteiger partial charge in [0.2, 0.25) is 0 Å². The van der Waals surface area contributed by atoms with Crippen LogP contribution in [0.3, 0.4) is 0 Å². The molecule has 144 valence electrons. The molecule has 1 heterocycles. The predicted molar refractivity (Wildman–Crippen MR) is 104 cm³/mol. The zero-order chi connectivity index (χ0) is 19.6. The molecule has 0 spiro atoms. The SMILES string of the molecule is Cc1ccccc1NS(=O)(=O)c1ccc(C)c(C(=O)N2CCOC(C)C2)c1. The van der Waals surface area contributed by atoms with Crippen molar-refractivity contribution in [2.75, 3.05) is 24.4 Å². The lowest BCUT2D eigenvalue weighted by Gasteiger charge is -2.31. The van der Waals surface area contributed by atoms with Crippen molar-refractivity contribution in [2.45, 2.75) is 31.8 Å². The lowest BCUT2D eigenvalue weighted by atomic mass is 10.1. The number of amides is 1. The lowest BCUT2D eigenvalue weighted by molar-refractivity contribution is -0.0124. The van der Waals surface area contributed by atoms with E-state index in [1.165, 1.54) is 12.1 Å². The molecule has 2 aromatic rings. The van der Waals surface area contributed by atoms with Crippen LogP contribution in [-0.4, -0.2) is 45.0 Å². The Labute approximate surface area is 160 Å². The number of nitrogens with zero attached hydrogens (tertiary/aromatic N) is 1. The van der Waals surface area contributed by atoms with E-state index in [1.807, 2.05) is 32.9 Å². The van der Waals surface area contributed by atoms with Gasteiger partial charge in [-0.3, -0.25) is 9.52 Å². The molecule has 1 fully saturated rings. The topological polar surface area (TPSA) is 75.7 Å². The molecule has 1 aliphatic heterocycles. The normalized spacial score (nSPS) is 17.6. The molecular weight excluding hydrogens is 364 g/mol. The van der Waals surface area contributed by atoms with Gasteiger partial charge in [-0.1, -0.05) is 24.3 Å². The molecule has 1 aliphatic rings. The number of para-hydroxylation sites is 1. The molecule has 0 saturated carbocycles. The molecule has 2 aromatic carbocycles. The number of anilines is 1. The number of morpholine rings is 1. The molecule has 6 nitrogen and oxygen atoms in total. The maximum absolute atomic E-state index is 12.9. The van der Waals surface area contributed by atoms with E-state index < -0.39 is 10.0 Å². The fraction of sp³-hybridized carbons (Fsp3) is 0.350. The minimum atomic E-state index is -3.80. The second-order valence-electron chi connectivity index (χ2n) is 6.83. The summed E-state index contributed by atoms with van der Waals surface area (Å²) in [6.45, 7) is 7.04. The number of nitrogens with one attached hydrogen (secondary N) is 1. The van der Waals surface area contributed by atoms with E-state index >= 15 is 0 Å². The molecule has 1 atom stereocenters. The highest BCUT2D eigenvalue weighted by Gasteiger charge is 2.25. The average Bonchev–Trinajstić information content (AvgIpc) is 2.63. The molecule has 0 aliphatic carbocycles. The van der Waals surface area contributed by atoms with Gasteiger partial charge in [0.25, 0.3) is 15.9 Å². The van der Waals surface area contributed by atoms with Crippen molar-refractivity contribution < 1.29 is 17.9 Å². The summed E-state index contributed by atoms with van der Waals surface area (Å²) in [6.07, 6.45) is -0.0300. The van der Waals surface area contributed by atoms with E-state index in [9.17, 15) is 13.2 Å². The molecule has 1 saturated heterocycles. The Morgan fingerprint density at radius 1 is 1.15 bits per heavy atom. The first-order chi connectivity index (χ1) is 12.8. The number of benzene rings is 2. The van der Waals surface area contributed by atoms with E-state index in [0.717, 1.165) is 11.1 Å². The van der Waals surface area contributed by atoms with Gasteiger partial charge in [-0.15, -0.1) is 0 Å². The lowest BCUT2D eigenvalue weighted by Crippen LogP contribution is -2.44. The van der Waals surface area contributed by atoms with Crippen LogP contribution in [0.1, 0.15) is 28.4 Å². The van der Waals surface area contributed by atoms with E-state index in [4.69, 9.17) is 4.74 Å². The molecule has 0 bridgehead atoms. The Kier molecular flexibility index (Phi) is 5.53. The molecule has 27 heavy (non-hydrogen) atoms. The monoisotopic (exact) mass is 388 g/mol. The fourth-order valence-corrected chi connectivity index (χ4v) is 4.22. The summed E-state index contributed by atoms with van der Waals surface area (Å²) < 4.78 is 33.7. The van der Waals surface area contributed by atoms with Crippen molar-refractivity contribution >= 4 is 21.6 Å². The number of sulfonamides is 1. The number of hydrogen-bond acceptors (Lipinski definition) is 4. The minimum absolute atomic E-state index is 0.0300. The molecule has 3 rings (SSSR count). The first-order valence-corrected chi connectivity index (χ1v) is 10.4. The van der Waals surface area contributed by atoms with Gasteiger partial charge in [0.05, 0.1) is 23.3 Å². The summed E-state index contributed by atoms with van der Waals surface area (Å²) in [5.74, 6) is -0.171. The van der Waals surface area contributed by atoms with Crippen LogP contribution in [0.4, 0.5) is 5.69 Å².